The summed E-state index contributed by atoms with van der Waals surface area (Å²) in [7, 11) is 1.24. The Morgan fingerprint density at radius 3 is 2.57 bits per heavy atom. The monoisotopic (exact) mass is 475 g/mol. The molecule has 0 fully saturated rings. The zero-order chi connectivity index (χ0) is 24.9. The van der Waals surface area contributed by atoms with Crippen molar-refractivity contribution in [2.24, 2.45) is 0 Å². The zero-order valence-corrected chi connectivity index (χ0v) is 19.2. The van der Waals surface area contributed by atoms with Gasteiger partial charge in [0.1, 0.15) is 6.04 Å². The molecule has 0 bridgehead atoms. The van der Waals surface area contributed by atoms with E-state index in [2.05, 4.69) is 17.2 Å². The summed E-state index contributed by atoms with van der Waals surface area (Å²) in [5, 5.41) is 11.8. The molecule has 9 nitrogen and oxygen atoms in total. The number of carbonyl (C=O) groups excluding carboxylic acids is 4. The molecule has 3 amide bonds. The predicted molar refractivity (Wildman–Crippen MR) is 126 cm³/mol. The normalized spacial score (nSPS) is 16.5. The summed E-state index contributed by atoms with van der Waals surface area (Å²) in [6, 6.07) is 11.2. The van der Waals surface area contributed by atoms with Crippen LogP contribution in [0.4, 0.5) is 5.69 Å². The van der Waals surface area contributed by atoms with Crippen LogP contribution in [-0.2, 0) is 14.3 Å². The van der Waals surface area contributed by atoms with Crippen LogP contribution < -0.4 is 10.8 Å². The smallest absolute Gasteiger partial charge is 0.329 e. The number of esters is 1. The summed E-state index contributed by atoms with van der Waals surface area (Å²) < 4.78 is 4.97. The third-order valence-corrected chi connectivity index (χ3v) is 6.21. The van der Waals surface area contributed by atoms with E-state index in [4.69, 9.17) is 9.94 Å². The number of carbonyl (C=O) groups is 4. The maximum absolute atomic E-state index is 13.0. The molecule has 0 saturated carbocycles. The minimum Gasteiger partial charge on any atom is -0.467 e. The molecule has 35 heavy (non-hydrogen) atoms. The number of fused-ring (bicyclic) bond motifs is 2. The summed E-state index contributed by atoms with van der Waals surface area (Å²) in [5.74, 6) is 3.86. The SMILES string of the molecule is COC(=O)[C@H](CC1CNc2ccc(C#CCCCC(=O)NO)cc21)N1C(=O)c2ccccc2C1=O. The van der Waals surface area contributed by atoms with Crippen LogP contribution in [0.2, 0.25) is 0 Å². The number of ether oxygens (including phenoxy) is 1. The maximum Gasteiger partial charge on any atom is 0.329 e. The van der Waals surface area contributed by atoms with Crippen LogP contribution >= 0.6 is 0 Å². The van der Waals surface area contributed by atoms with Gasteiger partial charge in [-0.15, -0.1) is 0 Å². The number of nitrogens with zero attached hydrogens (tertiary/aromatic N) is 1. The van der Waals surface area contributed by atoms with Gasteiger partial charge >= 0.3 is 5.97 Å². The van der Waals surface area contributed by atoms with Gasteiger partial charge in [-0.2, -0.15) is 0 Å². The Hall–Kier alpha value is -4.16. The van der Waals surface area contributed by atoms with Crippen molar-refractivity contribution >= 4 is 29.4 Å². The molecule has 2 atom stereocenters. The molecule has 0 saturated heterocycles. The lowest BCUT2D eigenvalue weighted by Gasteiger charge is -2.26. The molecule has 4 rings (SSSR count). The van der Waals surface area contributed by atoms with Gasteiger partial charge in [0.25, 0.3) is 11.8 Å². The lowest BCUT2D eigenvalue weighted by Crippen LogP contribution is -2.46. The van der Waals surface area contributed by atoms with Crippen LogP contribution in [0.1, 0.15) is 63.4 Å². The van der Waals surface area contributed by atoms with E-state index in [-0.39, 0.29) is 29.9 Å². The number of benzene rings is 2. The van der Waals surface area contributed by atoms with Crippen LogP contribution in [0.15, 0.2) is 42.5 Å². The van der Waals surface area contributed by atoms with E-state index in [0.717, 1.165) is 21.7 Å². The van der Waals surface area contributed by atoms with Crippen LogP contribution in [-0.4, -0.2) is 53.5 Å². The number of amides is 3. The molecule has 180 valence electrons. The Bertz CT molecular complexity index is 1210. The summed E-state index contributed by atoms with van der Waals surface area (Å²) >= 11 is 0. The number of methoxy groups -OCH3 is 1. The third kappa shape index (κ3) is 4.88. The van der Waals surface area contributed by atoms with Crippen LogP contribution in [0, 0.1) is 11.8 Å². The molecule has 0 spiro atoms. The minimum absolute atomic E-state index is 0.145. The van der Waals surface area contributed by atoms with Gasteiger partial charge < -0.3 is 10.1 Å². The molecule has 2 aromatic rings. The number of imide groups is 1. The van der Waals surface area contributed by atoms with Gasteiger partial charge in [-0.25, -0.2) is 10.3 Å². The fourth-order valence-corrected chi connectivity index (χ4v) is 4.45. The van der Waals surface area contributed by atoms with Gasteiger partial charge in [-0.1, -0.05) is 24.0 Å². The Morgan fingerprint density at radius 2 is 1.91 bits per heavy atom. The Morgan fingerprint density at radius 1 is 1.20 bits per heavy atom. The molecule has 2 heterocycles. The van der Waals surface area contributed by atoms with E-state index in [9.17, 15) is 19.2 Å². The maximum atomic E-state index is 13.0. The Kier molecular flexibility index (Phi) is 7.13. The number of nitrogens with one attached hydrogen (secondary N) is 2. The van der Waals surface area contributed by atoms with Gasteiger partial charge in [-0.3, -0.25) is 24.5 Å². The minimum atomic E-state index is -1.06. The molecule has 2 aliphatic heterocycles. The topological polar surface area (TPSA) is 125 Å². The summed E-state index contributed by atoms with van der Waals surface area (Å²) in [6.07, 6.45) is 1.42. The highest BCUT2D eigenvalue weighted by molar-refractivity contribution is 6.22. The van der Waals surface area contributed by atoms with Crippen molar-refractivity contribution in [2.75, 3.05) is 19.0 Å². The highest BCUT2D eigenvalue weighted by atomic mass is 16.5. The molecule has 0 radical (unpaired) electrons. The number of anilines is 1. The molecule has 9 heteroatoms. The number of unbranched alkanes of at least 4 members (excludes halogenated alkanes) is 1. The zero-order valence-electron chi connectivity index (χ0n) is 19.2. The summed E-state index contributed by atoms with van der Waals surface area (Å²) in [6.45, 7) is 0.541. The molecule has 2 aliphatic rings. The van der Waals surface area contributed by atoms with Crippen molar-refractivity contribution in [1.29, 1.82) is 0 Å². The first kappa shape index (κ1) is 24.0. The second kappa shape index (κ2) is 10.4. The van der Waals surface area contributed by atoms with Crippen LogP contribution in [0.3, 0.4) is 0 Å². The van der Waals surface area contributed by atoms with E-state index in [1.54, 1.807) is 29.7 Å². The van der Waals surface area contributed by atoms with Crippen molar-refractivity contribution in [1.82, 2.24) is 10.4 Å². The van der Waals surface area contributed by atoms with E-state index in [0.29, 0.717) is 19.4 Å². The average molecular weight is 476 g/mol. The average Bonchev–Trinajstić information content (AvgIpc) is 3.39. The van der Waals surface area contributed by atoms with Crippen molar-refractivity contribution < 1.29 is 29.1 Å². The van der Waals surface area contributed by atoms with E-state index < -0.39 is 29.7 Å². The quantitative estimate of drug-likeness (QED) is 0.140. The number of rotatable bonds is 7. The van der Waals surface area contributed by atoms with Gasteiger partial charge in [0.05, 0.1) is 18.2 Å². The van der Waals surface area contributed by atoms with E-state index >= 15 is 0 Å². The van der Waals surface area contributed by atoms with Crippen LogP contribution in [0.25, 0.3) is 0 Å². The molecule has 3 N–H and O–H groups in total. The molecular formula is C26H25N3O6. The standard InChI is InChI=1S/C26H25N3O6/c1-35-26(33)22(29-24(31)18-8-5-6-9-19(18)25(29)32)14-17-15-27-21-12-11-16(13-20(17)21)7-3-2-4-10-23(30)28-34/h5-6,8-9,11-13,17,22,27,34H,2,4,10,14-15H2,1H3,(H,28,30)/t17?,22-/m0/s1. The highest BCUT2D eigenvalue weighted by Gasteiger charge is 2.44. The van der Waals surface area contributed by atoms with E-state index in [1.807, 2.05) is 18.2 Å². The Balaban J connectivity index is 1.52. The molecular weight excluding hydrogens is 450 g/mol. The van der Waals surface area contributed by atoms with Gasteiger partial charge in [0.2, 0.25) is 5.91 Å². The highest BCUT2D eigenvalue weighted by Crippen LogP contribution is 2.37. The van der Waals surface area contributed by atoms with Gasteiger partial charge in [0.15, 0.2) is 0 Å². The first-order chi connectivity index (χ1) is 16.9. The Labute approximate surface area is 202 Å². The third-order valence-electron chi connectivity index (χ3n) is 6.21. The first-order valence-corrected chi connectivity index (χ1v) is 11.3. The second-order valence-electron chi connectivity index (χ2n) is 8.37. The first-order valence-electron chi connectivity index (χ1n) is 11.3. The lowest BCUT2D eigenvalue weighted by atomic mass is 9.92. The molecule has 2 aromatic carbocycles. The van der Waals surface area contributed by atoms with Crippen molar-refractivity contribution in [3.05, 3.63) is 64.7 Å². The van der Waals surface area contributed by atoms with E-state index in [1.165, 1.54) is 7.11 Å². The van der Waals surface area contributed by atoms with Gasteiger partial charge in [0, 0.05) is 36.6 Å². The fraction of sp³-hybridized carbons (Fsp3) is 0.308. The predicted octanol–water partition coefficient (Wildman–Crippen LogP) is 2.45. The number of hydroxylamine groups is 1. The second-order valence-corrected chi connectivity index (χ2v) is 8.37. The number of hydrogen-bond acceptors (Lipinski definition) is 7. The molecule has 1 unspecified atom stereocenters. The van der Waals surface area contributed by atoms with Crippen LogP contribution in [0.5, 0.6) is 0 Å². The fourth-order valence-electron chi connectivity index (χ4n) is 4.45. The molecule has 0 aliphatic carbocycles. The van der Waals surface area contributed by atoms with Crippen molar-refractivity contribution in [3.63, 3.8) is 0 Å². The van der Waals surface area contributed by atoms with Crippen molar-refractivity contribution in [2.45, 2.75) is 37.6 Å². The lowest BCUT2D eigenvalue weighted by molar-refractivity contribution is -0.145. The van der Waals surface area contributed by atoms with Gasteiger partial charge in [-0.05, 0) is 48.7 Å². The molecule has 0 aromatic heterocycles. The summed E-state index contributed by atoms with van der Waals surface area (Å²) in [4.78, 5) is 50.8. The summed E-state index contributed by atoms with van der Waals surface area (Å²) in [5.41, 5.74) is 4.79. The number of hydrogen-bond donors (Lipinski definition) is 3. The van der Waals surface area contributed by atoms with Crippen molar-refractivity contribution in [3.8, 4) is 11.8 Å². The largest absolute Gasteiger partial charge is 0.467 e.